The van der Waals surface area contributed by atoms with Gasteiger partial charge in [-0.2, -0.15) is 0 Å². The Morgan fingerprint density at radius 3 is 2.36 bits per heavy atom. The molecule has 0 aliphatic carbocycles. The number of rotatable bonds is 10. The fourth-order valence-corrected chi connectivity index (χ4v) is 1.63. The van der Waals surface area contributed by atoms with E-state index in [0.29, 0.717) is 5.92 Å². The van der Waals surface area contributed by atoms with Crippen molar-refractivity contribution in [1.29, 1.82) is 0 Å². The molecule has 0 amide bonds. The summed E-state index contributed by atoms with van der Waals surface area (Å²) in [7, 11) is 0. The fourth-order valence-electron chi connectivity index (χ4n) is 0.988. The van der Waals surface area contributed by atoms with Crippen molar-refractivity contribution in [2.45, 2.75) is 33.1 Å². The van der Waals surface area contributed by atoms with Crippen molar-refractivity contribution in [3.8, 4) is 0 Å². The first-order chi connectivity index (χ1) is 6.85. The molecule has 3 heteroatoms. The summed E-state index contributed by atoms with van der Waals surface area (Å²) < 4.78 is 10.9. The minimum Gasteiger partial charge on any atom is -0.379 e. The van der Waals surface area contributed by atoms with Gasteiger partial charge in [-0.1, -0.05) is 42.6 Å². The number of hydrogen-bond acceptors (Lipinski definition) is 2. The molecule has 0 aromatic carbocycles. The number of halogens is 1. The molecule has 0 spiro atoms. The van der Waals surface area contributed by atoms with Gasteiger partial charge in [-0.3, -0.25) is 0 Å². The SMILES string of the molecule is CCCCOCCOCC(CC)CBr. The quantitative estimate of drug-likeness (QED) is 0.447. The van der Waals surface area contributed by atoms with E-state index in [1.165, 1.54) is 12.8 Å². The topological polar surface area (TPSA) is 18.5 Å². The van der Waals surface area contributed by atoms with Crippen LogP contribution in [-0.2, 0) is 9.47 Å². The van der Waals surface area contributed by atoms with Gasteiger partial charge in [-0.05, 0) is 12.3 Å². The van der Waals surface area contributed by atoms with Crippen molar-refractivity contribution in [3.63, 3.8) is 0 Å². The molecule has 0 N–H and O–H groups in total. The van der Waals surface area contributed by atoms with Crippen molar-refractivity contribution < 1.29 is 9.47 Å². The zero-order valence-electron chi connectivity index (χ0n) is 9.43. The zero-order chi connectivity index (χ0) is 10.6. The standard InChI is InChI=1S/C11H23BrO2/c1-3-5-6-13-7-8-14-10-11(4-2)9-12/h11H,3-10H2,1-2H3. The van der Waals surface area contributed by atoms with E-state index in [1.54, 1.807) is 0 Å². The van der Waals surface area contributed by atoms with Crippen LogP contribution in [0.3, 0.4) is 0 Å². The molecule has 0 aromatic heterocycles. The van der Waals surface area contributed by atoms with Gasteiger partial charge in [-0.15, -0.1) is 0 Å². The molecule has 1 atom stereocenters. The Bertz CT molecular complexity index is 105. The Hall–Kier alpha value is 0.400. The lowest BCUT2D eigenvalue weighted by Crippen LogP contribution is -2.13. The summed E-state index contributed by atoms with van der Waals surface area (Å²) >= 11 is 3.47. The van der Waals surface area contributed by atoms with Gasteiger partial charge in [0, 0.05) is 11.9 Å². The number of hydrogen-bond donors (Lipinski definition) is 0. The molecule has 0 bridgehead atoms. The third-order valence-corrected chi connectivity index (χ3v) is 3.08. The van der Waals surface area contributed by atoms with E-state index in [9.17, 15) is 0 Å². The van der Waals surface area contributed by atoms with Gasteiger partial charge < -0.3 is 9.47 Å². The summed E-state index contributed by atoms with van der Waals surface area (Å²) in [6, 6.07) is 0. The average molecular weight is 267 g/mol. The Morgan fingerprint density at radius 1 is 1.07 bits per heavy atom. The molecule has 0 fully saturated rings. The first kappa shape index (κ1) is 14.4. The van der Waals surface area contributed by atoms with Gasteiger partial charge in [0.15, 0.2) is 0 Å². The molecule has 0 heterocycles. The van der Waals surface area contributed by atoms with Crippen molar-refractivity contribution in [3.05, 3.63) is 0 Å². The molecule has 0 saturated heterocycles. The first-order valence-electron chi connectivity index (χ1n) is 5.56. The molecule has 0 aliphatic heterocycles. The van der Waals surface area contributed by atoms with E-state index in [1.807, 2.05) is 0 Å². The Kier molecular flexibility index (Phi) is 11.8. The summed E-state index contributed by atoms with van der Waals surface area (Å²) in [6.45, 7) is 7.54. The molecular weight excluding hydrogens is 244 g/mol. The third-order valence-electron chi connectivity index (χ3n) is 2.16. The first-order valence-corrected chi connectivity index (χ1v) is 6.68. The van der Waals surface area contributed by atoms with Gasteiger partial charge >= 0.3 is 0 Å². The minimum absolute atomic E-state index is 0.644. The maximum Gasteiger partial charge on any atom is 0.0700 e. The molecule has 0 saturated carbocycles. The van der Waals surface area contributed by atoms with E-state index in [4.69, 9.17) is 9.47 Å². The van der Waals surface area contributed by atoms with Crippen LogP contribution < -0.4 is 0 Å². The molecule has 0 aliphatic rings. The molecule has 0 aromatic rings. The Balaban J connectivity index is 3.04. The smallest absolute Gasteiger partial charge is 0.0700 e. The van der Waals surface area contributed by atoms with Gasteiger partial charge in [0.2, 0.25) is 0 Å². The summed E-state index contributed by atoms with van der Waals surface area (Å²) in [5, 5.41) is 1.03. The van der Waals surface area contributed by atoms with Gasteiger partial charge in [0.25, 0.3) is 0 Å². The lowest BCUT2D eigenvalue weighted by molar-refractivity contribution is 0.0351. The molecule has 2 nitrogen and oxygen atoms in total. The van der Waals surface area contributed by atoms with Crippen LogP contribution in [0.4, 0.5) is 0 Å². The van der Waals surface area contributed by atoms with E-state index in [2.05, 4.69) is 29.8 Å². The van der Waals surface area contributed by atoms with Crippen LogP contribution in [0.2, 0.25) is 0 Å². The highest BCUT2D eigenvalue weighted by Gasteiger charge is 2.03. The normalized spacial score (nSPS) is 13.1. The van der Waals surface area contributed by atoms with Gasteiger partial charge in [-0.25, -0.2) is 0 Å². The molecule has 86 valence electrons. The molecule has 0 radical (unpaired) electrons. The zero-order valence-corrected chi connectivity index (χ0v) is 11.0. The summed E-state index contributed by atoms with van der Waals surface area (Å²) in [5.41, 5.74) is 0. The largest absolute Gasteiger partial charge is 0.379 e. The second kappa shape index (κ2) is 11.5. The van der Waals surface area contributed by atoms with Gasteiger partial charge in [0.1, 0.15) is 0 Å². The van der Waals surface area contributed by atoms with Crippen LogP contribution in [-0.4, -0.2) is 31.8 Å². The average Bonchev–Trinajstić information content (AvgIpc) is 2.22. The van der Waals surface area contributed by atoms with Crippen molar-refractivity contribution >= 4 is 15.9 Å². The predicted molar refractivity (Wildman–Crippen MR) is 64.1 cm³/mol. The van der Waals surface area contributed by atoms with E-state index >= 15 is 0 Å². The van der Waals surface area contributed by atoms with E-state index < -0.39 is 0 Å². The second-order valence-corrected chi connectivity index (χ2v) is 4.12. The molecular formula is C11H23BrO2. The van der Waals surface area contributed by atoms with E-state index in [-0.39, 0.29) is 0 Å². The van der Waals surface area contributed by atoms with Crippen LogP contribution in [0, 0.1) is 5.92 Å². The highest BCUT2D eigenvalue weighted by Crippen LogP contribution is 2.06. The molecule has 1 unspecified atom stereocenters. The van der Waals surface area contributed by atoms with Crippen LogP contribution >= 0.6 is 15.9 Å². The lowest BCUT2D eigenvalue weighted by Gasteiger charge is -2.11. The van der Waals surface area contributed by atoms with E-state index in [0.717, 1.165) is 38.2 Å². The van der Waals surface area contributed by atoms with Crippen LogP contribution in [0.15, 0.2) is 0 Å². The van der Waals surface area contributed by atoms with Crippen LogP contribution in [0.5, 0.6) is 0 Å². The molecule has 14 heavy (non-hydrogen) atoms. The minimum atomic E-state index is 0.644. The Labute approximate surface area is 96.5 Å². The van der Waals surface area contributed by atoms with Crippen molar-refractivity contribution in [1.82, 2.24) is 0 Å². The van der Waals surface area contributed by atoms with Crippen molar-refractivity contribution in [2.24, 2.45) is 5.92 Å². The van der Waals surface area contributed by atoms with Crippen LogP contribution in [0.25, 0.3) is 0 Å². The lowest BCUT2D eigenvalue weighted by atomic mass is 10.1. The number of ether oxygens (including phenoxy) is 2. The highest BCUT2D eigenvalue weighted by atomic mass is 79.9. The number of unbranched alkanes of at least 4 members (excludes halogenated alkanes) is 1. The maximum absolute atomic E-state index is 5.50. The highest BCUT2D eigenvalue weighted by molar-refractivity contribution is 9.09. The Morgan fingerprint density at radius 2 is 1.79 bits per heavy atom. The predicted octanol–water partition coefficient (Wildman–Crippen LogP) is 3.24. The second-order valence-electron chi connectivity index (χ2n) is 3.47. The third kappa shape index (κ3) is 8.97. The maximum atomic E-state index is 5.50. The van der Waals surface area contributed by atoms with Crippen LogP contribution in [0.1, 0.15) is 33.1 Å². The van der Waals surface area contributed by atoms with Crippen molar-refractivity contribution in [2.75, 3.05) is 31.8 Å². The summed E-state index contributed by atoms with van der Waals surface area (Å²) in [5.74, 6) is 0.644. The summed E-state index contributed by atoms with van der Waals surface area (Å²) in [4.78, 5) is 0. The fraction of sp³-hybridized carbons (Fsp3) is 1.00. The molecule has 0 rings (SSSR count). The summed E-state index contributed by atoms with van der Waals surface area (Å²) in [6.07, 6.45) is 3.52. The monoisotopic (exact) mass is 266 g/mol. The van der Waals surface area contributed by atoms with Gasteiger partial charge in [0.05, 0.1) is 19.8 Å². The number of alkyl halides is 1.